The van der Waals surface area contributed by atoms with E-state index in [0.717, 1.165) is 78.0 Å². The zero-order chi connectivity index (χ0) is 29.0. The minimum absolute atomic E-state index is 0.228. The summed E-state index contributed by atoms with van der Waals surface area (Å²) in [5.74, 6) is 0.738. The molecule has 1 aliphatic carbocycles. The fourth-order valence-electron chi connectivity index (χ4n) is 6.69. The first-order valence-corrected chi connectivity index (χ1v) is 15.1. The molecular weight excluding hydrogens is 538 g/mol. The number of pyridine rings is 2. The van der Waals surface area contributed by atoms with E-state index in [-0.39, 0.29) is 5.54 Å². The Balaban J connectivity index is 1.19. The quantitative estimate of drug-likeness (QED) is 0.287. The highest BCUT2D eigenvalue weighted by Crippen LogP contribution is 2.40. The van der Waals surface area contributed by atoms with Crippen molar-refractivity contribution in [1.82, 2.24) is 19.5 Å². The number of nitrogens with zero attached hydrogens (tertiary/aromatic N) is 5. The van der Waals surface area contributed by atoms with E-state index < -0.39 is 5.79 Å². The van der Waals surface area contributed by atoms with E-state index in [1.165, 1.54) is 12.1 Å². The maximum absolute atomic E-state index is 6.63. The van der Waals surface area contributed by atoms with Gasteiger partial charge in [-0.3, -0.25) is 4.57 Å². The minimum atomic E-state index is -0.394. The number of rotatable bonds is 5. The average molecular weight is 574 g/mol. The van der Waals surface area contributed by atoms with Crippen LogP contribution in [0.2, 0.25) is 0 Å². The number of ether oxygens (including phenoxy) is 2. The van der Waals surface area contributed by atoms with Gasteiger partial charge in [-0.05, 0) is 73.4 Å². The number of aromatic nitrogens is 4. The van der Waals surface area contributed by atoms with Gasteiger partial charge in [-0.25, -0.2) is 15.0 Å². The monoisotopic (exact) mass is 573 g/mol. The van der Waals surface area contributed by atoms with E-state index in [9.17, 15) is 0 Å². The van der Waals surface area contributed by atoms with Gasteiger partial charge in [-0.15, -0.1) is 0 Å². The van der Waals surface area contributed by atoms with Crippen LogP contribution in [-0.4, -0.2) is 51.6 Å². The van der Waals surface area contributed by atoms with Gasteiger partial charge in [-0.2, -0.15) is 0 Å². The number of hydrogen-bond donors (Lipinski definition) is 2. The lowest BCUT2D eigenvalue weighted by Crippen LogP contribution is -2.45. The number of piperidine rings is 1. The molecule has 0 radical (unpaired) electrons. The number of benzene rings is 2. The lowest BCUT2D eigenvalue weighted by molar-refractivity contribution is -0.169. The fourth-order valence-corrected chi connectivity index (χ4v) is 6.69. The molecule has 9 heteroatoms. The van der Waals surface area contributed by atoms with Crippen LogP contribution in [0.3, 0.4) is 0 Å². The summed E-state index contributed by atoms with van der Waals surface area (Å²) in [4.78, 5) is 16.9. The van der Waals surface area contributed by atoms with Crippen LogP contribution in [0.15, 0.2) is 79.0 Å². The molecule has 1 saturated carbocycles. The van der Waals surface area contributed by atoms with E-state index >= 15 is 0 Å². The maximum atomic E-state index is 6.63. The number of nitrogen functional groups attached to an aromatic ring is 1. The second kappa shape index (κ2) is 10.2. The Labute approximate surface area is 250 Å². The van der Waals surface area contributed by atoms with Crippen molar-refractivity contribution in [1.29, 1.82) is 0 Å². The number of anilines is 2. The molecule has 5 aromatic rings. The molecule has 0 atom stereocenters. The van der Waals surface area contributed by atoms with Gasteiger partial charge in [-0.1, -0.05) is 24.3 Å². The summed E-state index contributed by atoms with van der Waals surface area (Å²) in [6, 6.07) is 25.0. The van der Waals surface area contributed by atoms with Crippen LogP contribution in [0, 0.1) is 0 Å². The number of fused-ring (bicyclic) bond motifs is 1. The molecule has 1 spiro atoms. The van der Waals surface area contributed by atoms with Crippen molar-refractivity contribution in [3.05, 3.63) is 84.6 Å². The highest BCUT2D eigenvalue weighted by atomic mass is 16.7. The van der Waals surface area contributed by atoms with Gasteiger partial charge >= 0.3 is 0 Å². The first-order chi connectivity index (χ1) is 21.0. The summed E-state index contributed by atoms with van der Waals surface area (Å²) >= 11 is 0. The standard InChI is InChI=1S/C34H35N7O2/c35-30-27(6-2-17-37-30)31-39-29-12-11-28(38-32(29)41(31)25-9-7-24(8-10-25)33(36)13-3-14-33)23-4-1-5-26(22-23)40-18-15-34(16-19-40)42-20-21-43-34/h1-2,4-12,17,22H,3,13-16,18-21,36H2,(H2,35,37). The Morgan fingerprint density at radius 3 is 2.30 bits per heavy atom. The molecule has 3 aliphatic rings. The summed E-state index contributed by atoms with van der Waals surface area (Å²) < 4.78 is 13.9. The predicted molar refractivity (Wildman–Crippen MR) is 168 cm³/mol. The first kappa shape index (κ1) is 26.3. The lowest BCUT2D eigenvalue weighted by Gasteiger charge is -2.38. The Morgan fingerprint density at radius 2 is 1.58 bits per heavy atom. The highest BCUT2D eigenvalue weighted by molar-refractivity contribution is 5.84. The second-order valence-electron chi connectivity index (χ2n) is 11.9. The molecule has 0 bridgehead atoms. The molecule has 2 aliphatic heterocycles. The molecule has 218 valence electrons. The third-order valence-electron chi connectivity index (χ3n) is 9.38. The maximum Gasteiger partial charge on any atom is 0.171 e. The summed E-state index contributed by atoms with van der Waals surface area (Å²) in [6.07, 6.45) is 6.63. The van der Waals surface area contributed by atoms with Crippen LogP contribution in [0.1, 0.15) is 37.7 Å². The van der Waals surface area contributed by atoms with Crippen molar-refractivity contribution in [3.8, 4) is 28.3 Å². The van der Waals surface area contributed by atoms with Crippen molar-refractivity contribution in [2.45, 2.75) is 43.4 Å². The predicted octanol–water partition coefficient (Wildman–Crippen LogP) is 5.41. The smallest absolute Gasteiger partial charge is 0.171 e. The topological polar surface area (TPSA) is 117 Å². The van der Waals surface area contributed by atoms with Crippen molar-refractivity contribution < 1.29 is 9.47 Å². The summed E-state index contributed by atoms with van der Waals surface area (Å²) in [5, 5.41) is 0. The average Bonchev–Trinajstić information content (AvgIpc) is 3.65. The Hall–Kier alpha value is -4.31. The molecule has 3 fully saturated rings. The summed E-state index contributed by atoms with van der Waals surface area (Å²) in [5.41, 5.74) is 20.3. The Kier molecular flexibility index (Phi) is 6.22. The van der Waals surface area contributed by atoms with Crippen LogP contribution in [-0.2, 0) is 15.0 Å². The molecule has 9 nitrogen and oxygen atoms in total. The van der Waals surface area contributed by atoms with E-state index in [4.69, 9.17) is 30.9 Å². The third-order valence-corrected chi connectivity index (χ3v) is 9.38. The Bertz CT molecular complexity index is 1800. The number of hydrogen-bond acceptors (Lipinski definition) is 8. The van der Waals surface area contributed by atoms with Crippen molar-refractivity contribution >= 4 is 22.7 Å². The van der Waals surface area contributed by atoms with Gasteiger partial charge < -0.3 is 25.8 Å². The van der Waals surface area contributed by atoms with Gasteiger partial charge in [0.2, 0.25) is 0 Å². The third kappa shape index (κ3) is 4.55. The minimum Gasteiger partial charge on any atom is -0.383 e. The molecule has 43 heavy (non-hydrogen) atoms. The molecule has 3 aromatic heterocycles. The fraction of sp³-hybridized carbons (Fsp3) is 0.324. The van der Waals surface area contributed by atoms with E-state index in [1.54, 1.807) is 6.20 Å². The second-order valence-corrected chi connectivity index (χ2v) is 11.9. The van der Waals surface area contributed by atoms with E-state index in [2.05, 4.69) is 63.0 Å². The van der Waals surface area contributed by atoms with Gasteiger partial charge in [0.05, 0.1) is 24.5 Å². The van der Waals surface area contributed by atoms with Gasteiger partial charge in [0.1, 0.15) is 11.3 Å². The molecule has 2 saturated heterocycles. The number of imidazole rings is 1. The zero-order valence-corrected chi connectivity index (χ0v) is 24.1. The summed E-state index contributed by atoms with van der Waals surface area (Å²) in [6.45, 7) is 3.15. The molecule has 4 N–H and O–H groups in total. The van der Waals surface area contributed by atoms with Crippen LogP contribution in [0.5, 0.6) is 0 Å². The van der Waals surface area contributed by atoms with Crippen LogP contribution in [0.4, 0.5) is 11.5 Å². The zero-order valence-electron chi connectivity index (χ0n) is 24.1. The molecule has 0 amide bonds. The van der Waals surface area contributed by atoms with E-state index in [1.807, 2.05) is 24.3 Å². The van der Waals surface area contributed by atoms with Gasteiger partial charge in [0.25, 0.3) is 0 Å². The molecule has 8 rings (SSSR count). The van der Waals surface area contributed by atoms with E-state index in [0.29, 0.717) is 24.9 Å². The van der Waals surface area contributed by atoms with Crippen molar-refractivity contribution in [2.24, 2.45) is 5.73 Å². The summed E-state index contributed by atoms with van der Waals surface area (Å²) in [7, 11) is 0. The molecule has 5 heterocycles. The molecular formula is C34H35N7O2. The van der Waals surface area contributed by atoms with Crippen LogP contribution < -0.4 is 16.4 Å². The van der Waals surface area contributed by atoms with Crippen molar-refractivity contribution in [3.63, 3.8) is 0 Å². The SMILES string of the molecule is Nc1ncccc1-c1nc2ccc(-c3cccc(N4CCC5(CC4)OCCO5)c3)nc2n1-c1ccc(C2(N)CCC2)cc1. The molecule has 0 unspecified atom stereocenters. The van der Waals surface area contributed by atoms with Gasteiger partial charge in [0, 0.05) is 54.6 Å². The van der Waals surface area contributed by atoms with Crippen molar-refractivity contribution in [2.75, 3.05) is 36.9 Å². The normalized spacial score (nSPS) is 19.1. The largest absolute Gasteiger partial charge is 0.383 e. The lowest BCUT2D eigenvalue weighted by atomic mass is 9.73. The Morgan fingerprint density at radius 1 is 0.791 bits per heavy atom. The first-order valence-electron chi connectivity index (χ1n) is 15.1. The molecule has 2 aromatic carbocycles. The van der Waals surface area contributed by atoms with Crippen LogP contribution in [0.25, 0.3) is 39.5 Å². The van der Waals surface area contributed by atoms with Gasteiger partial charge in [0.15, 0.2) is 17.3 Å². The van der Waals surface area contributed by atoms with Crippen LogP contribution >= 0.6 is 0 Å². The highest BCUT2D eigenvalue weighted by Gasteiger charge is 2.40. The number of nitrogens with two attached hydrogens (primary N) is 2.